The zero-order chi connectivity index (χ0) is 10.8. The highest BCUT2D eigenvalue weighted by Gasteiger charge is 2.04. The van der Waals surface area contributed by atoms with E-state index in [9.17, 15) is 4.79 Å². The third kappa shape index (κ3) is 8.31. The normalized spacial score (nSPS) is 9.57. The van der Waals surface area contributed by atoms with E-state index in [1.165, 1.54) is 11.8 Å². The zero-order valence-corrected chi connectivity index (χ0v) is 10.3. The van der Waals surface area contributed by atoms with Crippen molar-refractivity contribution in [3.63, 3.8) is 0 Å². The molecule has 0 aromatic carbocycles. The van der Waals surface area contributed by atoms with Gasteiger partial charge in [-0.1, -0.05) is 44.2 Å². The highest BCUT2D eigenvalue weighted by Crippen LogP contribution is 2.05. The molecule has 0 unspecified atom stereocenters. The quantitative estimate of drug-likeness (QED) is 0.587. The average molecular weight is 235 g/mol. The van der Waals surface area contributed by atoms with Gasteiger partial charge in [-0.3, -0.25) is 5.32 Å². The maximum Gasteiger partial charge on any atom is 0.412 e. The van der Waals surface area contributed by atoms with Crippen LogP contribution in [0.15, 0.2) is 0 Å². The van der Waals surface area contributed by atoms with Crippen LogP contribution in [0.4, 0.5) is 4.79 Å². The van der Waals surface area contributed by atoms with Crippen LogP contribution in [-0.2, 0) is 4.74 Å². The van der Waals surface area contributed by atoms with Crippen molar-refractivity contribution in [2.75, 3.05) is 12.4 Å². The van der Waals surface area contributed by atoms with E-state index in [2.05, 4.69) is 12.2 Å². The molecule has 0 heterocycles. The summed E-state index contributed by atoms with van der Waals surface area (Å²) in [5.74, 6) is 0.948. The maximum atomic E-state index is 11.0. The minimum Gasteiger partial charge on any atom is -0.449 e. The van der Waals surface area contributed by atoms with E-state index in [0.29, 0.717) is 10.9 Å². The van der Waals surface area contributed by atoms with Crippen LogP contribution in [-0.4, -0.2) is 22.8 Å². The largest absolute Gasteiger partial charge is 0.449 e. The molecule has 0 atom stereocenters. The number of ether oxygens (including phenoxy) is 1. The summed E-state index contributed by atoms with van der Waals surface area (Å²) in [6, 6.07) is 0. The maximum absolute atomic E-state index is 11.0. The Bertz CT molecular complexity index is 186. The first-order valence-corrected chi connectivity index (χ1v) is 6.20. The molecule has 3 nitrogen and oxygen atoms in total. The number of thioether (sulfide) groups is 1. The minimum atomic E-state index is -0.444. The summed E-state index contributed by atoms with van der Waals surface area (Å²) in [6.45, 7) is 4.50. The van der Waals surface area contributed by atoms with Gasteiger partial charge in [0, 0.05) is 5.75 Å². The summed E-state index contributed by atoms with van der Waals surface area (Å²) in [4.78, 5) is 11.0. The molecule has 1 N–H and O–H groups in total. The van der Waals surface area contributed by atoms with E-state index in [-0.39, 0.29) is 0 Å². The van der Waals surface area contributed by atoms with E-state index >= 15 is 0 Å². The molecule has 0 radical (unpaired) electrons. The van der Waals surface area contributed by atoms with Gasteiger partial charge in [0.1, 0.15) is 4.32 Å². The lowest BCUT2D eigenvalue weighted by Gasteiger charge is -2.06. The van der Waals surface area contributed by atoms with Crippen molar-refractivity contribution in [3.05, 3.63) is 0 Å². The molecule has 0 aliphatic heterocycles. The van der Waals surface area contributed by atoms with E-state index in [1.54, 1.807) is 0 Å². The van der Waals surface area contributed by atoms with Crippen molar-refractivity contribution in [1.29, 1.82) is 0 Å². The van der Waals surface area contributed by atoms with E-state index in [4.69, 9.17) is 17.0 Å². The number of carbonyl (C=O) groups excluding carboxylic acids is 1. The molecule has 0 spiro atoms. The Morgan fingerprint density at radius 3 is 2.71 bits per heavy atom. The third-order valence-corrected chi connectivity index (χ3v) is 2.69. The molecule has 0 aromatic rings. The Balaban J connectivity index is 3.45. The van der Waals surface area contributed by atoms with E-state index in [0.717, 1.165) is 25.0 Å². The van der Waals surface area contributed by atoms with Gasteiger partial charge in [0.05, 0.1) is 6.61 Å². The zero-order valence-electron chi connectivity index (χ0n) is 8.67. The monoisotopic (exact) mass is 235 g/mol. The van der Waals surface area contributed by atoms with Gasteiger partial charge in [-0.25, -0.2) is 4.79 Å². The van der Waals surface area contributed by atoms with Crippen molar-refractivity contribution >= 4 is 34.4 Å². The van der Waals surface area contributed by atoms with Gasteiger partial charge in [0.25, 0.3) is 0 Å². The Kier molecular flexibility index (Phi) is 9.08. The number of hydrogen-bond acceptors (Lipinski definition) is 4. The van der Waals surface area contributed by atoms with Crippen molar-refractivity contribution in [1.82, 2.24) is 5.32 Å². The van der Waals surface area contributed by atoms with Crippen LogP contribution in [0.2, 0.25) is 0 Å². The second kappa shape index (κ2) is 9.27. The Morgan fingerprint density at radius 1 is 1.43 bits per heavy atom. The molecule has 0 bridgehead atoms. The number of amides is 1. The number of alkyl carbamates (subject to hydrolysis) is 1. The van der Waals surface area contributed by atoms with Crippen molar-refractivity contribution in [2.45, 2.75) is 33.1 Å². The van der Waals surface area contributed by atoms with Gasteiger partial charge < -0.3 is 4.74 Å². The number of unbranched alkanes of at least 4 members (excludes halogenated alkanes) is 1. The fourth-order valence-corrected chi connectivity index (χ4v) is 1.77. The fourth-order valence-electron chi connectivity index (χ4n) is 0.659. The molecule has 0 rings (SSSR count). The Labute approximate surface area is 95.0 Å². The summed E-state index contributed by atoms with van der Waals surface area (Å²) in [5, 5.41) is 2.51. The van der Waals surface area contributed by atoms with Gasteiger partial charge in [-0.05, 0) is 12.8 Å². The van der Waals surface area contributed by atoms with Crippen LogP contribution in [0.1, 0.15) is 33.1 Å². The predicted octanol–water partition coefficient (Wildman–Crippen LogP) is 2.94. The second-order valence-corrected chi connectivity index (χ2v) is 4.52. The van der Waals surface area contributed by atoms with Gasteiger partial charge in [0.15, 0.2) is 0 Å². The number of thiocarbonyl (C=S) groups is 1. The molecule has 0 aliphatic rings. The molecule has 82 valence electrons. The molecular formula is C9H17NO2S2. The van der Waals surface area contributed by atoms with Crippen LogP contribution in [0.5, 0.6) is 0 Å². The molecule has 14 heavy (non-hydrogen) atoms. The van der Waals surface area contributed by atoms with Crippen LogP contribution in [0, 0.1) is 0 Å². The topological polar surface area (TPSA) is 38.3 Å². The second-order valence-electron chi connectivity index (χ2n) is 2.75. The molecule has 0 aliphatic carbocycles. The number of nitrogens with one attached hydrogen (secondary N) is 1. The van der Waals surface area contributed by atoms with Crippen molar-refractivity contribution in [2.24, 2.45) is 0 Å². The third-order valence-electron chi connectivity index (χ3n) is 1.37. The number of hydrogen-bond donors (Lipinski definition) is 1. The lowest BCUT2D eigenvalue weighted by molar-refractivity contribution is 0.152. The SMILES string of the molecule is CCCCSC(=S)NC(=O)OCCC. The first-order chi connectivity index (χ1) is 6.70. The smallest absolute Gasteiger partial charge is 0.412 e. The number of carbonyl (C=O) groups is 1. The lowest BCUT2D eigenvalue weighted by atomic mass is 10.4. The van der Waals surface area contributed by atoms with Crippen LogP contribution in [0.3, 0.4) is 0 Å². The summed E-state index contributed by atoms with van der Waals surface area (Å²) in [7, 11) is 0. The molecule has 1 amide bonds. The van der Waals surface area contributed by atoms with Crippen LogP contribution < -0.4 is 5.32 Å². The van der Waals surface area contributed by atoms with E-state index < -0.39 is 6.09 Å². The molecule has 0 aromatic heterocycles. The highest BCUT2D eigenvalue weighted by molar-refractivity contribution is 8.23. The minimum absolute atomic E-state index is 0.439. The number of rotatable bonds is 5. The first kappa shape index (κ1) is 13.7. The lowest BCUT2D eigenvalue weighted by Crippen LogP contribution is -2.28. The molecule has 0 saturated heterocycles. The van der Waals surface area contributed by atoms with Crippen LogP contribution in [0.25, 0.3) is 0 Å². The molecule has 0 fully saturated rings. The van der Waals surface area contributed by atoms with E-state index in [1.807, 2.05) is 6.92 Å². The van der Waals surface area contributed by atoms with Gasteiger partial charge >= 0.3 is 6.09 Å². The van der Waals surface area contributed by atoms with Crippen LogP contribution >= 0.6 is 24.0 Å². The summed E-state index contributed by atoms with van der Waals surface area (Å²) >= 11 is 6.43. The molecule has 0 saturated carbocycles. The van der Waals surface area contributed by atoms with Crippen molar-refractivity contribution in [3.8, 4) is 0 Å². The molecular weight excluding hydrogens is 218 g/mol. The fraction of sp³-hybridized carbons (Fsp3) is 0.778. The van der Waals surface area contributed by atoms with Crippen molar-refractivity contribution < 1.29 is 9.53 Å². The summed E-state index contributed by atoms with van der Waals surface area (Å²) in [6.07, 6.45) is 2.62. The highest BCUT2D eigenvalue weighted by atomic mass is 32.2. The first-order valence-electron chi connectivity index (χ1n) is 4.81. The predicted molar refractivity (Wildman–Crippen MR) is 64.7 cm³/mol. The summed E-state index contributed by atoms with van der Waals surface area (Å²) in [5.41, 5.74) is 0. The van der Waals surface area contributed by atoms with Gasteiger partial charge in [-0.2, -0.15) is 0 Å². The van der Waals surface area contributed by atoms with Gasteiger partial charge in [0.2, 0.25) is 0 Å². The summed E-state index contributed by atoms with van der Waals surface area (Å²) < 4.78 is 5.32. The standard InChI is InChI=1S/C9H17NO2S2/c1-3-5-7-14-9(13)10-8(11)12-6-4-2/h3-7H2,1-2H3,(H,10,11,13). The average Bonchev–Trinajstić information content (AvgIpc) is 2.15. The Hall–Kier alpha value is -0.290. The Morgan fingerprint density at radius 2 is 2.14 bits per heavy atom. The molecule has 5 heteroatoms. The van der Waals surface area contributed by atoms with Gasteiger partial charge in [-0.15, -0.1) is 0 Å².